The smallest absolute Gasteiger partial charge is 0.302 e. The van der Waals surface area contributed by atoms with E-state index in [0.29, 0.717) is 46.3 Å². The maximum Gasteiger partial charge on any atom is 0.302 e. The number of ether oxygens (including phenoxy) is 2. The molecule has 0 bridgehead atoms. The molecule has 2 amide bonds. The number of carbonyl (C=O) groups is 4. The van der Waals surface area contributed by atoms with Crippen LogP contribution in [0.15, 0.2) is 10.2 Å². The predicted molar refractivity (Wildman–Crippen MR) is 300 cm³/mol. The topological polar surface area (TPSA) is 183 Å². The molecule has 424 valence electrons. The third kappa shape index (κ3) is 12.8. The number of esters is 2. The Morgan fingerprint density at radius 3 is 1.24 bits per heavy atom. The van der Waals surface area contributed by atoms with Gasteiger partial charge in [0.15, 0.2) is 0 Å². The third-order valence-electron chi connectivity index (χ3n) is 23.1. The largest absolute Gasteiger partial charge is 0.463 e. The fraction of sp³-hybridized carbons (Fsp3) is 0.875. The molecule has 0 aromatic heterocycles. The van der Waals surface area contributed by atoms with Gasteiger partial charge in [-0.25, -0.2) is 10.9 Å². The average Bonchev–Trinajstić information content (AvgIpc) is 3.90. The minimum absolute atomic E-state index is 0.0847. The molecule has 0 aliphatic heterocycles. The first-order valence-corrected chi connectivity index (χ1v) is 30.8. The van der Waals surface area contributed by atoms with Crippen LogP contribution in [-0.4, -0.2) is 47.4 Å². The fourth-order valence-corrected chi connectivity index (χ4v) is 19.5. The lowest BCUT2D eigenvalue weighted by Crippen LogP contribution is -2.57. The highest BCUT2D eigenvalue weighted by atomic mass is 16.5. The number of nitrogens with zero attached hydrogens (tertiary/aromatic N) is 4. The van der Waals surface area contributed by atoms with Crippen molar-refractivity contribution in [3.05, 3.63) is 0 Å². The van der Waals surface area contributed by atoms with Gasteiger partial charge in [-0.15, -0.1) is 0 Å². The number of fused-ring (bicyclic) bond motifs is 10. The number of carbonyl (C=O) groups excluding carboxylic acids is 4. The molecular formula is C64H102N6O6. The monoisotopic (exact) mass is 1050 g/mol. The van der Waals surface area contributed by atoms with E-state index >= 15 is 0 Å². The first-order chi connectivity index (χ1) is 36.0. The second-order valence-corrected chi connectivity index (χ2v) is 28.3. The second-order valence-electron chi connectivity index (χ2n) is 28.3. The Balaban J connectivity index is 0.000000221. The summed E-state index contributed by atoms with van der Waals surface area (Å²) in [5.41, 5.74) is 8.49. The number of nitrogens with one attached hydrogen (secondary N) is 2. The Labute approximate surface area is 459 Å². The van der Waals surface area contributed by atoms with Crippen LogP contribution in [0.4, 0.5) is 0 Å². The first kappa shape index (κ1) is 59.9. The van der Waals surface area contributed by atoms with Crippen LogP contribution in [0.3, 0.4) is 0 Å². The van der Waals surface area contributed by atoms with Crippen molar-refractivity contribution in [3.63, 3.8) is 0 Å². The third-order valence-corrected chi connectivity index (χ3v) is 23.1. The van der Waals surface area contributed by atoms with Gasteiger partial charge in [0.25, 0.3) is 11.8 Å². The van der Waals surface area contributed by atoms with Crippen molar-refractivity contribution < 1.29 is 28.7 Å². The molecule has 0 heterocycles. The van der Waals surface area contributed by atoms with Crippen molar-refractivity contribution in [3.8, 4) is 12.1 Å². The molecule has 0 saturated heterocycles. The van der Waals surface area contributed by atoms with Crippen LogP contribution in [-0.2, 0) is 28.7 Å². The van der Waals surface area contributed by atoms with Crippen LogP contribution in [0.25, 0.3) is 0 Å². The van der Waals surface area contributed by atoms with E-state index in [1.54, 1.807) is 0 Å². The van der Waals surface area contributed by atoms with Gasteiger partial charge in [-0.3, -0.25) is 19.2 Å². The Bertz CT molecular complexity index is 2060. The predicted octanol–water partition coefficient (Wildman–Crippen LogP) is 14.1. The zero-order valence-corrected chi connectivity index (χ0v) is 49.4. The summed E-state index contributed by atoms with van der Waals surface area (Å²) in [6.45, 7) is 27.4. The van der Waals surface area contributed by atoms with Crippen LogP contribution in [0, 0.1) is 127 Å². The van der Waals surface area contributed by atoms with Crippen LogP contribution in [0.5, 0.6) is 0 Å². The maximum absolute atomic E-state index is 12.2. The van der Waals surface area contributed by atoms with Gasteiger partial charge in [0.2, 0.25) is 0 Å². The van der Waals surface area contributed by atoms with Crippen molar-refractivity contribution in [2.45, 2.75) is 249 Å². The highest BCUT2D eigenvalue weighted by molar-refractivity contribution is 5.91. The number of hydrogen-bond acceptors (Lipinski definition) is 10. The second kappa shape index (κ2) is 25.1. The Kier molecular flexibility index (Phi) is 19.8. The molecule has 0 unspecified atom stereocenters. The van der Waals surface area contributed by atoms with Crippen LogP contribution >= 0.6 is 0 Å². The Hall–Kier alpha value is -3.80. The molecule has 0 radical (unpaired) electrons. The normalized spacial score (nSPS) is 40.0. The molecule has 12 nitrogen and oxygen atoms in total. The molecule has 0 aromatic carbocycles. The van der Waals surface area contributed by atoms with E-state index in [1.165, 1.54) is 104 Å². The van der Waals surface area contributed by atoms with Crippen molar-refractivity contribution >= 4 is 35.2 Å². The van der Waals surface area contributed by atoms with Gasteiger partial charge in [-0.1, -0.05) is 108 Å². The van der Waals surface area contributed by atoms with Crippen molar-refractivity contribution in [2.75, 3.05) is 0 Å². The van der Waals surface area contributed by atoms with Gasteiger partial charge >= 0.3 is 11.9 Å². The van der Waals surface area contributed by atoms with Gasteiger partial charge in [-0.05, 0) is 195 Å². The van der Waals surface area contributed by atoms with Gasteiger partial charge < -0.3 is 9.47 Å². The SMILES string of the molecule is CC(=O)O[C@H]1CC[C@@]2(C)[C@H](C1)/C(=N/NC(=O)CC#N)C[C@@H]1[C@@H]2CC[C@]2(C)[C@@H]([C@H](C)CCCC(C)C)CC[C@@H]12.CC(=O)O[C@H]1CC[C@@]2(C)[C@H](C1)/C(=N/NC(=O)CC#N)C[C@@H]1[C@@H]2CC[C@]2(C)[C@@H]([C@H](C)CCCC(C)C)CC[C@@H]12. The zero-order chi connectivity index (χ0) is 55.3. The molecule has 2 N–H and O–H groups in total. The minimum Gasteiger partial charge on any atom is -0.463 e. The van der Waals surface area contributed by atoms with Gasteiger partial charge in [0.1, 0.15) is 25.0 Å². The molecule has 76 heavy (non-hydrogen) atoms. The van der Waals surface area contributed by atoms with Crippen molar-refractivity contribution in [1.82, 2.24) is 10.9 Å². The molecule has 18 atom stereocenters. The molecule has 12 heteroatoms. The van der Waals surface area contributed by atoms with Crippen molar-refractivity contribution in [2.24, 2.45) is 115 Å². The summed E-state index contributed by atoms with van der Waals surface area (Å²) in [5.74, 6) is 7.79. The van der Waals surface area contributed by atoms with E-state index in [2.05, 4.69) is 80.1 Å². The summed E-state index contributed by atoms with van der Waals surface area (Å²) in [5, 5.41) is 27.3. The Morgan fingerprint density at radius 1 is 0.539 bits per heavy atom. The van der Waals surface area contributed by atoms with Gasteiger partial charge in [0.05, 0.1) is 12.1 Å². The number of nitriles is 2. The summed E-state index contributed by atoms with van der Waals surface area (Å²) < 4.78 is 11.4. The van der Waals surface area contributed by atoms with E-state index in [4.69, 9.17) is 30.2 Å². The van der Waals surface area contributed by atoms with Crippen molar-refractivity contribution in [1.29, 1.82) is 10.5 Å². The highest BCUT2D eigenvalue weighted by Crippen LogP contribution is 2.70. The standard InChI is InChI=1S/2C32H51N3O3/c2*1-20(2)8-7-9-21(3)25-10-11-26-24-19-29(34-35-30(37)14-17-33)28-18-23(38-22(4)36)12-15-32(28,6)27(24)13-16-31(25,26)5/h2*20-21,23-28H,7-16,18-19H2,1-6H3,(H,35,37)/b2*34-29+/t2*21-,23+,24+,25-,26+,27+,28-,31-,32-/m11/s1. The maximum atomic E-state index is 12.2. The lowest BCUT2D eigenvalue weighted by Gasteiger charge is -2.61. The fourth-order valence-electron chi connectivity index (χ4n) is 19.5. The lowest BCUT2D eigenvalue weighted by atomic mass is 9.44. The summed E-state index contributed by atoms with van der Waals surface area (Å²) in [7, 11) is 0. The molecule has 8 rings (SSSR count). The quantitative estimate of drug-likeness (QED) is 0.113. The van der Waals surface area contributed by atoms with E-state index < -0.39 is 0 Å². The molecule has 8 aliphatic carbocycles. The number of amides is 2. The van der Waals surface area contributed by atoms with Crippen LogP contribution < -0.4 is 10.9 Å². The van der Waals surface area contributed by atoms with Gasteiger partial charge in [0, 0.05) is 37.1 Å². The molecule has 0 aromatic rings. The molecule has 0 spiro atoms. The zero-order valence-electron chi connectivity index (χ0n) is 49.4. The molecular weight excluding hydrogens is 949 g/mol. The molecule has 8 saturated carbocycles. The number of rotatable bonds is 16. The lowest BCUT2D eigenvalue weighted by molar-refractivity contribution is -0.154. The Morgan fingerprint density at radius 2 is 0.895 bits per heavy atom. The number of hydrogen-bond donors (Lipinski definition) is 2. The minimum atomic E-state index is -0.346. The highest BCUT2D eigenvalue weighted by Gasteiger charge is 2.64. The molecule has 8 fully saturated rings. The molecule has 8 aliphatic rings. The first-order valence-electron chi connectivity index (χ1n) is 30.8. The van der Waals surface area contributed by atoms with Gasteiger partial charge in [-0.2, -0.15) is 20.7 Å². The number of hydrazone groups is 2. The average molecular weight is 1050 g/mol. The van der Waals surface area contributed by atoms with Crippen LogP contribution in [0.2, 0.25) is 0 Å². The van der Waals surface area contributed by atoms with Crippen LogP contribution in [0.1, 0.15) is 237 Å². The summed E-state index contributed by atoms with van der Waals surface area (Å²) in [6.07, 6.45) is 25.2. The van der Waals surface area contributed by atoms with E-state index in [1.807, 2.05) is 12.1 Å². The summed E-state index contributed by atoms with van der Waals surface area (Å²) in [6, 6.07) is 3.85. The summed E-state index contributed by atoms with van der Waals surface area (Å²) in [4.78, 5) is 47.9. The van der Waals surface area contributed by atoms with E-state index in [0.717, 1.165) is 98.3 Å². The van der Waals surface area contributed by atoms with E-state index in [-0.39, 0.29) is 71.5 Å². The summed E-state index contributed by atoms with van der Waals surface area (Å²) >= 11 is 0. The van der Waals surface area contributed by atoms with E-state index in [9.17, 15) is 19.2 Å².